The molecule has 0 aliphatic heterocycles. The third-order valence-electron chi connectivity index (χ3n) is 7.25. The molecule has 46 heavy (non-hydrogen) atoms. The molecule has 8 nitrogen and oxygen atoms in total. The molecule has 0 spiro atoms. The third-order valence-corrected chi connectivity index (χ3v) is 9.26. The number of anilines is 1. The zero-order valence-corrected chi connectivity index (χ0v) is 28.3. The van der Waals surface area contributed by atoms with E-state index in [0.717, 1.165) is 15.4 Å². The average Bonchev–Trinajstić information content (AvgIpc) is 3.01. The number of para-hydroxylation sites is 2. The van der Waals surface area contributed by atoms with Crippen molar-refractivity contribution in [2.24, 2.45) is 0 Å². The Morgan fingerprint density at radius 2 is 1.50 bits per heavy atom. The average molecular weight is 662 g/mol. The normalized spacial score (nSPS) is 12.2. The highest BCUT2D eigenvalue weighted by molar-refractivity contribution is 7.92. The van der Waals surface area contributed by atoms with Crippen molar-refractivity contribution in [2.75, 3.05) is 18.0 Å². The summed E-state index contributed by atoms with van der Waals surface area (Å²) in [5.41, 5.74) is 2.03. The highest BCUT2D eigenvalue weighted by atomic mass is 35.5. The zero-order chi connectivity index (χ0) is 33.5. The van der Waals surface area contributed by atoms with Gasteiger partial charge >= 0.3 is 0 Å². The summed E-state index contributed by atoms with van der Waals surface area (Å²) in [6, 6.07) is 28.5. The maximum atomic E-state index is 14.6. The van der Waals surface area contributed by atoms with Crippen molar-refractivity contribution in [1.29, 1.82) is 0 Å². The molecule has 0 saturated heterocycles. The number of halogens is 1. The van der Waals surface area contributed by atoms with Gasteiger partial charge in [-0.05, 0) is 75.2 Å². The summed E-state index contributed by atoms with van der Waals surface area (Å²) in [5, 5.41) is 3.50. The molecule has 1 N–H and O–H groups in total. The van der Waals surface area contributed by atoms with Gasteiger partial charge in [-0.3, -0.25) is 13.9 Å². The number of rotatable bonds is 12. The summed E-state index contributed by atoms with van der Waals surface area (Å²) in [6.07, 6.45) is 0.203. The first kappa shape index (κ1) is 34.5. The van der Waals surface area contributed by atoms with Crippen molar-refractivity contribution in [3.05, 3.63) is 125 Å². The number of carbonyl (C=O) groups is 2. The van der Waals surface area contributed by atoms with E-state index in [4.69, 9.17) is 16.3 Å². The van der Waals surface area contributed by atoms with E-state index in [0.29, 0.717) is 10.6 Å². The second kappa shape index (κ2) is 14.8. The van der Waals surface area contributed by atoms with Crippen molar-refractivity contribution in [3.63, 3.8) is 0 Å². The van der Waals surface area contributed by atoms with Crippen LogP contribution in [0.2, 0.25) is 5.02 Å². The van der Waals surface area contributed by atoms with Gasteiger partial charge in [-0.1, -0.05) is 83.9 Å². The molecular formula is C36H40ClN3O5S. The number of amides is 2. The van der Waals surface area contributed by atoms with Crippen LogP contribution in [0.25, 0.3) is 0 Å². The molecule has 0 aromatic heterocycles. The number of hydrogen-bond donors (Lipinski definition) is 1. The quantitative estimate of drug-likeness (QED) is 0.189. The van der Waals surface area contributed by atoms with E-state index in [-0.39, 0.29) is 35.2 Å². The van der Waals surface area contributed by atoms with Gasteiger partial charge in [0, 0.05) is 23.5 Å². The van der Waals surface area contributed by atoms with Crippen molar-refractivity contribution in [2.45, 2.75) is 57.1 Å². The van der Waals surface area contributed by atoms with E-state index in [1.807, 2.05) is 64.1 Å². The van der Waals surface area contributed by atoms with Crippen LogP contribution in [0.3, 0.4) is 0 Å². The Balaban J connectivity index is 1.85. The number of hydrogen-bond acceptors (Lipinski definition) is 5. The number of ether oxygens (including phenoxy) is 1. The SMILES string of the molecule is COc1ccccc1N(CC(=O)N(Cc1cccc(Cl)c1)[C@@H](Cc1ccccc1)C(=O)NC(C)(C)C)S(=O)(=O)c1ccc(C)cc1. The molecule has 4 aromatic carbocycles. The van der Waals surface area contributed by atoms with E-state index in [1.54, 1.807) is 54.6 Å². The van der Waals surface area contributed by atoms with Gasteiger partial charge in [0.05, 0.1) is 17.7 Å². The molecule has 0 fully saturated rings. The first-order valence-corrected chi connectivity index (χ1v) is 16.7. The van der Waals surface area contributed by atoms with Crippen molar-refractivity contribution in [3.8, 4) is 5.75 Å². The minimum absolute atomic E-state index is 0.0127. The maximum Gasteiger partial charge on any atom is 0.264 e. The maximum absolute atomic E-state index is 14.6. The Bertz CT molecular complexity index is 1760. The lowest BCUT2D eigenvalue weighted by Crippen LogP contribution is -2.56. The van der Waals surface area contributed by atoms with Crippen LogP contribution < -0.4 is 14.4 Å². The molecule has 4 rings (SSSR count). The molecule has 1 atom stereocenters. The number of benzene rings is 4. The highest BCUT2D eigenvalue weighted by Gasteiger charge is 2.36. The summed E-state index contributed by atoms with van der Waals surface area (Å²) in [4.78, 5) is 30.1. The molecule has 0 bridgehead atoms. The fraction of sp³-hybridized carbons (Fsp3) is 0.278. The summed E-state index contributed by atoms with van der Waals surface area (Å²) < 4.78 is 35.1. The molecule has 0 aliphatic rings. The van der Waals surface area contributed by atoms with Gasteiger partial charge in [0.2, 0.25) is 11.8 Å². The third kappa shape index (κ3) is 8.89. The molecular weight excluding hydrogens is 622 g/mol. The fourth-order valence-corrected chi connectivity index (χ4v) is 6.66. The predicted molar refractivity (Wildman–Crippen MR) is 183 cm³/mol. The van der Waals surface area contributed by atoms with Gasteiger partial charge in [0.25, 0.3) is 10.0 Å². The molecule has 242 valence electrons. The number of methoxy groups -OCH3 is 1. The van der Waals surface area contributed by atoms with Gasteiger partial charge in [-0.25, -0.2) is 8.42 Å². The van der Waals surface area contributed by atoms with Gasteiger partial charge in [-0.15, -0.1) is 0 Å². The Labute approximate surface area is 277 Å². The molecule has 0 unspecified atom stereocenters. The van der Waals surface area contributed by atoms with Crippen LogP contribution in [-0.2, 0) is 32.6 Å². The van der Waals surface area contributed by atoms with Crippen molar-refractivity contribution >= 4 is 39.1 Å². The monoisotopic (exact) mass is 661 g/mol. The van der Waals surface area contributed by atoms with Gasteiger partial charge in [0.1, 0.15) is 18.3 Å². The lowest BCUT2D eigenvalue weighted by molar-refractivity contribution is -0.140. The smallest absolute Gasteiger partial charge is 0.264 e. The minimum atomic E-state index is -4.26. The summed E-state index contributed by atoms with van der Waals surface area (Å²) in [6.45, 7) is 6.88. The number of carbonyl (C=O) groups excluding carboxylic acids is 2. The predicted octanol–water partition coefficient (Wildman–Crippen LogP) is 6.41. The summed E-state index contributed by atoms with van der Waals surface area (Å²) >= 11 is 6.32. The van der Waals surface area contributed by atoms with E-state index >= 15 is 0 Å². The van der Waals surface area contributed by atoms with E-state index in [2.05, 4.69) is 5.32 Å². The van der Waals surface area contributed by atoms with Crippen LogP contribution in [0.15, 0.2) is 108 Å². The molecule has 4 aromatic rings. The molecule has 0 heterocycles. The van der Waals surface area contributed by atoms with Crippen LogP contribution in [0.5, 0.6) is 5.75 Å². The second-order valence-electron chi connectivity index (χ2n) is 12.1. The van der Waals surface area contributed by atoms with Crippen LogP contribution >= 0.6 is 11.6 Å². The Morgan fingerprint density at radius 3 is 2.13 bits per heavy atom. The molecule has 10 heteroatoms. The van der Waals surface area contributed by atoms with Crippen LogP contribution in [0, 0.1) is 6.92 Å². The van der Waals surface area contributed by atoms with E-state index in [9.17, 15) is 18.0 Å². The highest BCUT2D eigenvalue weighted by Crippen LogP contribution is 2.33. The first-order chi connectivity index (χ1) is 21.8. The largest absolute Gasteiger partial charge is 0.495 e. The van der Waals surface area contributed by atoms with Crippen LogP contribution in [0.1, 0.15) is 37.5 Å². The lowest BCUT2D eigenvalue weighted by atomic mass is 10.0. The molecule has 0 radical (unpaired) electrons. The van der Waals surface area contributed by atoms with E-state index < -0.39 is 34.1 Å². The van der Waals surface area contributed by atoms with Crippen LogP contribution in [-0.4, -0.2) is 50.4 Å². The second-order valence-corrected chi connectivity index (χ2v) is 14.4. The fourth-order valence-electron chi connectivity index (χ4n) is 5.03. The number of aryl methyl sites for hydroxylation is 1. The molecule has 2 amide bonds. The number of sulfonamides is 1. The first-order valence-electron chi connectivity index (χ1n) is 14.9. The van der Waals surface area contributed by atoms with Crippen molar-refractivity contribution < 1.29 is 22.7 Å². The topological polar surface area (TPSA) is 96.0 Å². The standard InChI is InChI=1S/C36H40ClN3O5S/c1-26-18-20-30(21-19-26)46(43,44)40(31-16-9-10-17-33(31)45-5)25-34(41)39(24-28-14-11-15-29(37)22-28)32(35(42)38-36(2,3)4)23-27-12-7-6-8-13-27/h6-22,32H,23-25H2,1-5H3,(H,38,42)/t32-/m0/s1. The van der Waals surface area contributed by atoms with E-state index in [1.165, 1.54) is 24.1 Å². The Kier molecular flexibility index (Phi) is 11.1. The number of nitrogens with one attached hydrogen (secondary N) is 1. The van der Waals surface area contributed by atoms with Gasteiger partial charge in [-0.2, -0.15) is 0 Å². The minimum Gasteiger partial charge on any atom is -0.495 e. The zero-order valence-electron chi connectivity index (χ0n) is 26.7. The Hall–Kier alpha value is -4.34. The van der Waals surface area contributed by atoms with Gasteiger partial charge in [0.15, 0.2) is 0 Å². The summed E-state index contributed by atoms with van der Waals surface area (Å²) in [5.74, 6) is -0.665. The Morgan fingerprint density at radius 1 is 0.870 bits per heavy atom. The molecule has 0 saturated carbocycles. The van der Waals surface area contributed by atoms with Gasteiger partial charge < -0.3 is 15.0 Å². The van der Waals surface area contributed by atoms with Crippen LogP contribution in [0.4, 0.5) is 5.69 Å². The summed E-state index contributed by atoms with van der Waals surface area (Å²) in [7, 11) is -2.82. The number of nitrogens with zero attached hydrogens (tertiary/aromatic N) is 2. The lowest BCUT2D eigenvalue weighted by Gasteiger charge is -2.35. The van der Waals surface area contributed by atoms with Crippen molar-refractivity contribution in [1.82, 2.24) is 10.2 Å². The molecule has 0 aliphatic carbocycles.